The highest BCUT2D eigenvalue weighted by Crippen LogP contribution is 2.21. The van der Waals surface area contributed by atoms with Crippen LogP contribution in [0.4, 0.5) is 4.39 Å². The van der Waals surface area contributed by atoms with Crippen molar-refractivity contribution in [1.29, 1.82) is 0 Å². The van der Waals surface area contributed by atoms with E-state index in [9.17, 15) is 4.39 Å². The molecule has 66 valence electrons. The Kier molecular flexibility index (Phi) is 3.20. The third-order valence-corrected chi connectivity index (χ3v) is 2.02. The van der Waals surface area contributed by atoms with Crippen LogP contribution in [-0.4, -0.2) is 0 Å². The Morgan fingerprint density at radius 3 is 2.67 bits per heavy atom. The van der Waals surface area contributed by atoms with Gasteiger partial charge in [0.15, 0.2) is 0 Å². The van der Waals surface area contributed by atoms with E-state index >= 15 is 0 Å². The molecule has 4 heteroatoms. The number of nitrogens with two attached hydrogens (primary N) is 1. The molecule has 0 heterocycles. The molecule has 0 radical (unpaired) electrons. The van der Waals surface area contributed by atoms with E-state index in [1.165, 1.54) is 12.1 Å². The highest BCUT2D eigenvalue weighted by molar-refractivity contribution is 9.10. The molecule has 2 nitrogen and oxygen atoms in total. The smallest absolute Gasteiger partial charge is 0.124 e. The van der Waals surface area contributed by atoms with Crippen molar-refractivity contribution in [1.82, 2.24) is 0 Å². The number of halogens is 2. The highest BCUT2D eigenvalue weighted by atomic mass is 79.9. The van der Waals surface area contributed by atoms with E-state index in [-0.39, 0.29) is 11.9 Å². The summed E-state index contributed by atoms with van der Waals surface area (Å²) in [7, 11) is 0. The van der Waals surface area contributed by atoms with Crippen molar-refractivity contribution < 1.29 is 9.23 Å². The Morgan fingerprint density at radius 1 is 1.50 bits per heavy atom. The largest absolute Gasteiger partial charge is 0.297 e. The van der Waals surface area contributed by atoms with E-state index in [1.54, 1.807) is 13.0 Å². The van der Waals surface area contributed by atoms with Gasteiger partial charge < -0.3 is 0 Å². The predicted octanol–water partition coefficient (Wildman–Crippen LogP) is 2.54. The van der Waals surface area contributed by atoms with Crippen molar-refractivity contribution in [3.63, 3.8) is 0 Å². The second kappa shape index (κ2) is 3.98. The molecule has 0 aromatic heterocycles. The molecule has 0 saturated carbocycles. The highest BCUT2D eigenvalue weighted by Gasteiger charge is 2.06. The lowest BCUT2D eigenvalue weighted by molar-refractivity contribution is 0.0661. The average Bonchev–Trinajstić information content (AvgIpc) is 2.01. The van der Waals surface area contributed by atoms with Crippen LogP contribution in [0.15, 0.2) is 22.7 Å². The topological polar surface area (TPSA) is 35.2 Å². The Labute approximate surface area is 78.6 Å². The summed E-state index contributed by atoms with van der Waals surface area (Å²) in [6.45, 7) is 1.75. The molecule has 0 aliphatic carbocycles. The molecule has 0 saturated heterocycles. The van der Waals surface area contributed by atoms with Gasteiger partial charge in [0.1, 0.15) is 11.9 Å². The third kappa shape index (κ3) is 2.27. The van der Waals surface area contributed by atoms with Crippen molar-refractivity contribution in [2.24, 2.45) is 5.90 Å². The van der Waals surface area contributed by atoms with Crippen LogP contribution in [0.1, 0.15) is 18.6 Å². The maximum atomic E-state index is 12.8. The van der Waals surface area contributed by atoms with E-state index in [2.05, 4.69) is 20.8 Å². The summed E-state index contributed by atoms with van der Waals surface area (Å²) >= 11 is 3.17. The van der Waals surface area contributed by atoms with Gasteiger partial charge in [0, 0.05) is 4.47 Å². The second-order valence-electron chi connectivity index (χ2n) is 2.48. The fourth-order valence-electron chi connectivity index (χ4n) is 0.888. The fourth-order valence-corrected chi connectivity index (χ4v) is 1.37. The molecule has 0 bridgehead atoms. The van der Waals surface area contributed by atoms with Gasteiger partial charge in [-0.1, -0.05) is 15.9 Å². The molecular formula is C8H9BrFNO. The summed E-state index contributed by atoms with van der Waals surface area (Å²) in [6.07, 6.45) is -0.294. The number of hydrogen-bond acceptors (Lipinski definition) is 2. The normalized spacial score (nSPS) is 13.0. The lowest BCUT2D eigenvalue weighted by Crippen LogP contribution is -2.05. The van der Waals surface area contributed by atoms with Gasteiger partial charge in [-0.3, -0.25) is 4.84 Å². The fraction of sp³-hybridized carbons (Fsp3) is 0.250. The van der Waals surface area contributed by atoms with E-state index in [1.807, 2.05) is 0 Å². The minimum Gasteiger partial charge on any atom is -0.297 e. The standard InChI is InChI=1S/C8H9BrFNO/c1-5(12-11)6-2-7(9)4-8(10)3-6/h2-5H,11H2,1H3. The third-order valence-electron chi connectivity index (χ3n) is 1.56. The lowest BCUT2D eigenvalue weighted by atomic mass is 10.1. The zero-order valence-corrected chi connectivity index (χ0v) is 8.14. The molecule has 1 rings (SSSR count). The Bertz CT molecular complexity index is 260. The summed E-state index contributed by atoms with van der Waals surface area (Å²) in [5, 5.41) is 0. The van der Waals surface area contributed by atoms with E-state index in [4.69, 9.17) is 5.90 Å². The zero-order valence-electron chi connectivity index (χ0n) is 6.55. The van der Waals surface area contributed by atoms with Crippen molar-refractivity contribution in [3.8, 4) is 0 Å². The first kappa shape index (κ1) is 9.64. The summed E-state index contributed by atoms with van der Waals surface area (Å²) in [4.78, 5) is 4.56. The summed E-state index contributed by atoms with van der Waals surface area (Å²) in [5.74, 6) is 4.66. The van der Waals surface area contributed by atoms with Gasteiger partial charge in [-0.15, -0.1) is 0 Å². The Morgan fingerprint density at radius 2 is 2.17 bits per heavy atom. The van der Waals surface area contributed by atoms with Crippen LogP contribution < -0.4 is 5.90 Å². The quantitative estimate of drug-likeness (QED) is 0.798. The predicted molar refractivity (Wildman–Crippen MR) is 47.8 cm³/mol. The molecule has 0 fully saturated rings. The van der Waals surface area contributed by atoms with E-state index in [0.29, 0.717) is 10.0 Å². The van der Waals surface area contributed by atoms with E-state index < -0.39 is 0 Å². The first-order chi connectivity index (χ1) is 5.63. The van der Waals surface area contributed by atoms with Gasteiger partial charge in [-0.2, -0.15) is 0 Å². The van der Waals surface area contributed by atoms with Crippen LogP contribution in [0.3, 0.4) is 0 Å². The van der Waals surface area contributed by atoms with Crippen LogP contribution in [0.2, 0.25) is 0 Å². The van der Waals surface area contributed by atoms with Crippen LogP contribution in [0.5, 0.6) is 0 Å². The molecule has 1 aromatic rings. The average molecular weight is 234 g/mol. The monoisotopic (exact) mass is 233 g/mol. The molecule has 1 unspecified atom stereocenters. The maximum Gasteiger partial charge on any atom is 0.124 e. The van der Waals surface area contributed by atoms with Gasteiger partial charge in [-0.05, 0) is 30.7 Å². The molecule has 12 heavy (non-hydrogen) atoms. The van der Waals surface area contributed by atoms with Gasteiger partial charge in [0.25, 0.3) is 0 Å². The SMILES string of the molecule is CC(ON)c1cc(F)cc(Br)c1. The first-order valence-electron chi connectivity index (χ1n) is 3.45. The van der Waals surface area contributed by atoms with Crippen molar-refractivity contribution >= 4 is 15.9 Å². The summed E-state index contributed by atoms with van der Waals surface area (Å²) in [5.41, 5.74) is 0.712. The van der Waals surface area contributed by atoms with Gasteiger partial charge in [-0.25, -0.2) is 10.3 Å². The van der Waals surface area contributed by atoms with Crippen LogP contribution in [0.25, 0.3) is 0 Å². The van der Waals surface area contributed by atoms with Crippen LogP contribution >= 0.6 is 15.9 Å². The number of rotatable bonds is 2. The maximum absolute atomic E-state index is 12.8. The molecule has 0 aliphatic rings. The van der Waals surface area contributed by atoms with Gasteiger partial charge in [0.2, 0.25) is 0 Å². The molecule has 2 N–H and O–H groups in total. The van der Waals surface area contributed by atoms with Crippen molar-refractivity contribution in [2.45, 2.75) is 13.0 Å². The van der Waals surface area contributed by atoms with Gasteiger partial charge >= 0.3 is 0 Å². The molecular weight excluding hydrogens is 225 g/mol. The number of hydrogen-bond donors (Lipinski definition) is 1. The lowest BCUT2D eigenvalue weighted by Gasteiger charge is -2.08. The minimum absolute atomic E-state index is 0.294. The second-order valence-corrected chi connectivity index (χ2v) is 3.40. The summed E-state index contributed by atoms with van der Waals surface area (Å²) in [6, 6.07) is 4.54. The molecule has 1 atom stereocenters. The summed E-state index contributed by atoms with van der Waals surface area (Å²) < 4.78 is 13.5. The zero-order chi connectivity index (χ0) is 9.14. The van der Waals surface area contributed by atoms with Crippen molar-refractivity contribution in [3.05, 3.63) is 34.1 Å². The Hall–Kier alpha value is -0.450. The first-order valence-corrected chi connectivity index (χ1v) is 4.24. The Balaban J connectivity index is 3.00. The molecule has 0 amide bonds. The molecule has 0 spiro atoms. The number of benzene rings is 1. The molecule has 0 aliphatic heterocycles. The van der Waals surface area contributed by atoms with Crippen molar-refractivity contribution in [2.75, 3.05) is 0 Å². The van der Waals surface area contributed by atoms with Crippen LogP contribution in [-0.2, 0) is 4.84 Å². The van der Waals surface area contributed by atoms with Gasteiger partial charge in [0.05, 0.1) is 0 Å². The molecule has 1 aromatic carbocycles. The minimum atomic E-state index is -0.303. The van der Waals surface area contributed by atoms with E-state index in [0.717, 1.165) is 0 Å². The van der Waals surface area contributed by atoms with Crippen LogP contribution in [0, 0.1) is 5.82 Å².